The van der Waals surface area contributed by atoms with E-state index in [-0.39, 0.29) is 0 Å². The number of rotatable bonds is 5. The largest absolute Gasteiger partial charge is 0.310 e. The van der Waals surface area contributed by atoms with Gasteiger partial charge in [-0.05, 0) is 49.9 Å². The average molecular weight is 341 g/mol. The Morgan fingerprint density at radius 1 is 1.47 bits per heavy atom. The molecular weight excluding hydrogens is 324 g/mol. The Bertz CT molecular complexity index is 555. The number of aromatic nitrogens is 3. The van der Waals surface area contributed by atoms with Gasteiger partial charge in [0.05, 0.1) is 0 Å². The molecule has 1 aromatic heterocycles. The van der Waals surface area contributed by atoms with Crippen LogP contribution >= 0.6 is 27.7 Å². The van der Waals surface area contributed by atoms with Crippen LogP contribution in [0.1, 0.15) is 31.3 Å². The van der Waals surface area contributed by atoms with Gasteiger partial charge in [-0.25, -0.2) is 4.98 Å². The van der Waals surface area contributed by atoms with Gasteiger partial charge in [-0.15, -0.1) is 5.10 Å². The lowest BCUT2D eigenvalue weighted by Gasteiger charge is -2.16. The molecule has 1 aromatic carbocycles. The predicted molar refractivity (Wildman–Crippen MR) is 81.5 cm³/mol. The maximum atomic E-state index is 4.34. The number of hydrogen-bond acceptors (Lipinski definition) is 4. The topological polar surface area (TPSA) is 53.6 Å². The summed E-state index contributed by atoms with van der Waals surface area (Å²) >= 11 is 5.10. The Morgan fingerprint density at radius 3 is 2.89 bits per heavy atom. The van der Waals surface area contributed by atoms with Crippen LogP contribution in [0.3, 0.4) is 0 Å². The summed E-state index contributed by atoms with van der Waals surface area (Å²) in [5.74, 6) is 0.832. The van der Waals surface area contributed by atoms with E-state index in [2.05, 4.69) is 68.5 Å². The molecule has 2 N–H and O–H groups in total. The summed E-state index contributed by atoms with van der Waals surface area (Å²) < 4.78 is 1.06. The predicted octanol–water partition coefficient (Wildman–Crippen LogP) is 3.70. The van der Waals surface area contributed by atoms with E-state index in [4.69, 9.17) is 0 Å². The molecule has 0 saturated heterocycles. The lowest BCUT2D eigenvalue weighted by molar-refractivity contribution is 0.589. The molecule has 0 spiro atoms. The van der Waals surface area contributed by atoms with Gasteiger partial charge in [-0.3, -0.25) is 5.10 Å². The van der Waals surface area contributed by atoms with Crippen molar-refractivity contribution in [2.45, 2.75) is 36.9 Å². The van der Waals surface area contributed by atoms with Gasteiger partial charge < -0.3 is 5.32 Å². The molecule has 1 unspecified atom stereocenters. The van der Waals surface area contributed by atoms with Gasteiger partial charge in [0.1, 0.15) is 5.82 Å². The normalized spacial score (nSPS) is 12.6. The highest BCUT2D eigenvalue weighted by Gasteiger charge is 2.13. The fourth-order valence-electron chi connectivity index (χ4n) is 1.84. The fraction of sp³-hybridized carbons (Fsp3) is 0.385. The molecule has 1 heterocycles. The van der Waals surface area contributed by atoms with Crippen LogP contribution in [0, 0.1) is 6.92 Å². The Labute approximate surface area is 125 Å². The first-order chi connectivity index (χ1) is 9.10. The molecule has 0 aliphatic carbocycles. The minimum absolute atomic E-state index is 0.306. The molecule has 4 nitrogen and oxygen atoms in total. The van der Waals surface area contributed by atoms with E-state index in [1.165, 1.54) is 10.5 Å². The van der Waals surface area contributed by atoms with Gasteiger partial charge in [-0.1, -0.05) is 28.9 Å². The summed E-state index contributed by atoms with van der Waals surface area (Å²) in [7, 11) is 0. The van der Waals surface area contributed by atoms with Crippen molar-refractivity contribution in [3.8, 4) is 0 Å². The zero-order chi connectivity index (χ0) is 13.8. The lowest BCUT2D eigenvalue weighted by atomic mass is 10.1. The molecule has 0 aliphatic rings. The van der Waals surface area contributed by atoms with Crippen molar-refractivity contribution in [2.75, 3.05) is 6.54 Å². The van der Waals surface area contributed by atoms with E-state index in [9.17, 15) is 0 Å². The summed E-state index contributed by atoms with van der Waals surface area (Å²) in [6, 6.07) is 6.62. The van der Waals surface area contributed by atoms with E-state index in [0.717, 1.165) is 22.0 Å². The maximum Gasteiger partial charge on any atom is 0.213 e. The molecule has 2 aromatic rings. The molecule has 1 atom stereocenters. The minimum Gasteiger partial charge on any atom is -0.310 e. The van der Waals surface area contributed by atoms with E-state index in [1.807, 2.05) is 6.92 Å². The van der Waals surface area contributed by atoms with E-state index >= 15 is 0 Å². The molecule has 19 heavy (non-hydrogen) atoms. The molecule has 0 radical (unpaired) electrons. The summed E-state index contributed by atoms with van der Waals surface area (Å²) in [5, 5.41) is 11.2. The van der Waals surface area contributed by atoms with Crippen LogP contribution in [0.2, 0.25) is 0 Å². The number of benzene rings is 1. The first-order valence-electron chi connectivity index (χ1n) is 6.20. The van der Waals surface area contributed by atoms with E-state index < -0.39 is 0 Å². The van der Waals surface area contributed by atoms with Crippen LogP contribution in [-0.2, 0) is 0 Å². The van der Waals surface area contributed by atoms with Crippen molar-refractivity contribution in [3.63, 3.8) is 0 Å². The monoisotopic (exact) mass is 340 g/mol. The van der Waals surface area contributed by atoms with Gasteiger partial charge in [0.2, 0.25) is 5.16 Å². The minimum atomic E-state index is 0.306. The van der Waals surface area contributed by atoms with Crippen LogP contribution in [0.4, 0.5) is 0 Å². The zero-order valence-corrected chi connectivity index (χ0v) is 13.6. The van der Waals surface area contributed by atoms with E-state index in [0.29, 0.717) is 6.04 Å². The van der Waals surface area contributed by atoms with Crippen LogP contribution in [-0.4, -0.2) is 21.7 Å². The van der Waals surface area contributed by atoms with Crippen LogP contribution in [0.15, 0.2) is 32.7 Å². The number of halogens is 1. The molecule has 2 rings (SSSR count). The smallest absolute Gasteiger partial charge is 0.213 e. The third-order valence-electron chi connectivity index (χ3n) is 2.73. The maximum absolute atomic E-state index is 4.34. The fourth-order valence-corrected chi connectivity index (χ4v) is 3.37. The SMILES string of the molecule is CCNC(C)c1ccc(Br)cc1Sc1n[nH]c(C)n1. The number of aromatic amines is 1. The quantitative estimate of drug-likeness (QED) is 0.871. The van der Waals surface area contributed by atoms with Crippen molar-refractivity contribution >= 4 is 27.7 Å². The number of aryl methyl sites for hydroxylation is 1. The lowest BCUT2D eigenvalue weighted by Crippen LogP contribution is -2.18. The molecule has 0 amide bonds. The Morgan fingerprint density at radius 2 is 2.26 bits per heavy atom. The van der Waals surface area contributed by atoms with Gasteiger partial charge >= 0.3 is 0 Å². The van der Waals surface area contributed by atoms with Crippen molar-refractivity contribution in [2.24, 2.45) is 0 Å². The average Bonchev–Trinajstić information content (AvgIpc) is 2.75. The second kappa shape index (κ2) is 6.54. The van der Waals surface area contributed by atoms with Crippen molar-refractivity contribution < 1.29 is 0 Å². The molecule has 0 aliphatic heterocycles. The van der Waals surface area contributed by atoms with Crippen LogP contribution in [0.5, 0.6) is 0 Å². The molecule has 102 valence electrons. The molecular formula is C13H17BrN4S. The summed E-state index contributed by atoms with van der Waals surface area (Å²) in [5.41, 5.74) is 1.26. The van der Waals surface area contributed by atoms with Crippen LogP contribution in [0.25, 0.3) is 0 Å². The highest BCUT2D eigenvalue weighted by Crippen LogP contribution is 2.33. The molecule has 0 saturated carbocycles. The number of H-pyrrole nitrogens is 1. The highest BCUT2D eigenvalue weighted by atomic mass is 79.9. The van der Waals surface area contributed by atoms with Crippen molar-refractivity contribution in [1.82, 2.24) is 20.5 Å². The zero-order valence-electron chi connectivity index (χ0n) is 11.2. The summed E-state index contributed by atoms with van der Waals surface area (Å²) in [6.07, 6.45) is 0. The summed E-state index contributed by atoms with van der Waals surface area (Å²) in [4.78, 5) is 5.51. The van der Waals surface area contributed by atoms with Crippen LogP contribution < -0.4 is 5.32 Å². The number of hydrogen-bond donors (Lipinski definition) is 2. The third-order valence-corrected chi connectivity index (χ3v) is 4.16. The number of nitrogens with one attached hydrogen (secondary N) is 2. The third kappa shape index (κ3) is 3.81. The Hall–Kier alpha value is -0.850. The number of nitrogens with zero attached hydrogens (tertiary/aromatic N) is 2. The van der Waals surface area contributed by atoms with Crippen molar-refractivity contribution in [1.29, 1.82) is 0 Å². The summed E-state index contributed by atoms with van der Waals surface area (Å²) in [6.45, 7) is 7.13. The van der Waals surface area contributed by atoms with Gasteiger partial charge in [0.15, 0.2) is 0 Å². The Balaban J connectivity index is 2.29. The first kappa shape index (κ1) is 14.6. The first-order valence-corrected chi connectivity index (χ1v) is 7.80. The second-order valence-corrected chi connectivity index (χ2v) is 6.19. The van der Waals surface area contributed by atoms with Gasteiger partial charge in [0, 0.05) is 15.4 Å². The molecule has 0 bridgehead atoms. The molecule has 0 fully saturated rings. The second-order valence-electron chi connectivity index (χ2n) is 4.27. The highest BCUT2D eigenvalue weighted by molar-refractivity contribution is 9.10. The van der Waals surface area contributed by atoms with E-state index in [1.54, 1.807) is 11.8 Å². The van der Waals surface area contributed by atoms with Gasteiger partial charge in [0.25, 0.3) is 0 Å². The van der Waals surface area contributed by atoms with Gasteiger partial charge in [-0.2, -0.15) is 0 Å². The van der Waals surface area contributed by atoms with Crippen molar-refractivity contribution in [3.05, 3.63) is 34.1 Å². The standard InChI is InChI=1S/C13H17BrN4S/c1-4-15-8(2)11-6-5-10(14)7-12(11)19-13-16-9(3)17-18-13/h5-8,15H,4H2,1-3H3,(H,16,17,18). The molecule has 6 heteroatoms. The Kier molecular flexibility index (Phi) is 5.01.